The molecule has 0 aliphatic heterocycles. The molecule has 0 bridgehead atoms. The standard InChI is InChI=1S/C17H21ClN2/c1-13-3-9-16(10-4-13)20-17(2,12-19)11-14-5-7-15(18)8-6-14/h3-10,20H,11-12,19H2,1-2H3. The Bertz CT molecular complexity index is 499. The minimum Gasteiger partial charge on any atom is -0.378 e. The zero-order chi connectivity index (χ0) is 14.6. The maximum Gasteiger partial charge on any atom is 0.0507 e. The quantitative estimate of drug-likeness (QED) is 0.872. The molecule has 0 aliphatic carbocycles. The molecule has 0 amide bonds. The molecular formula is C17H21ClN2. The minimum atomic E-state index is -0.177. The number of anilines is 1. The van der Waals surface area contributed by atoms with Crippen LogP contribution in [0.5, 0.6) is 0 Å². The van der Waals surface area contributed by atoms with Crippen molar-refractivity contribution in [1.29, 1.82) is 0 Å². The molecule has 106 valence electrons. The van der Waals surface area contributed by atoms with E-state index in [-0.39, 0.29) is 5.54 Å². The Kier molecular flexibility index (Phi) is 4.69. The Hall–Kier alpha value is -1.51. The van der Waals surface area contributed by atoms with Crippen molar-refractivity contribution < 1.29 is 0 Å². The number of nitrogens with two attached hydrogens (primary N) is 1. The summed E-state index contributed by atoms with van der Waals surface area (Å²) >= 11 is 5.92. The van der Waals surface area contributed by atoms with E-state index < -0.39 is 0 Å². The second kappa shape index (κ2) is 6.29. The van der Waals surface area contributed by atoms with Gasteiger partial charge in [0, 0.05) is 17.3 Å². The highest BCUT2D eigenvalue weighted by Crippen LogP contribution is 2.20. The molecule has 3 N–H and O–H groups in total. The maximum atomic E-state index is 5.97. The lowest BCUT2D eigenvalue weighted by molar-refractivity contribution is 0.521. The van der Waals surface area contributed by atoms with Gasteiger partial charge >= 0.3 is 0 Å². The summed E-state index contributed by atoms with van der Waals surface area (Å²) in [5, 5.41) is 4.30. The van der Waals surface area contributed by atoms with Gasteiger partial charge in [-0.25, -0.2) is 0 Å². The Balaban J connectivity index is 2.12. The van der Waals surface area contributed by atoms with Gasteiger partial charge in [-0.3, -0.25) is 0 Å². The molecule has 0 spiro atoms. The van der Waals surface area contributed by atoms with Gasteiger partial charge in [0.25, 0.3) is 0 Å². The van der Waals surface area contributed by atoms with Crippen LogP contribution in [0.2, 0.25) is 5.02 Å². The highest BCUT2D eigenvalue weighted by atomic mass is 35.5. The fraction of sp³-hybridized carbons (Fsp3) is 0.294. The van der Waals surface area contributed by atoms with Crippen LogP contribution in [0.25, 0.3) is 0 Å². The van der Waals surface area contributed by atoms with Crippen LogP contribution in [0.3, 0.4) is 0 Å². The fourth-order valence-corrected chi connectivity index (χ4v) is 2.33. The molecule has 1 unspecified atom stereocenters. The largest absolute Gasteiger partial charge is 0.378 e. The average molecular weight is 289 g/mol. The van der Waals surface area contributed by atoms with Crippen molar-refractivity contribution in [3.8, 4) is 0 Å². The smallest absolute Gasteiger partial charge is 0.0507 e. The third-order valence-electron chi connectivity index (χ3n) is 3.46. The van der Waals surface area contributed by atoms with E-state index in [4.69, 9.17) is 17.3 Å². The van der Waals surface area contributed by atoms with Gasteiger partial charge in [0.1, 0.15) is 0 Å². The molecule has 0 saturated carbocycles. The number of hydrogen-bond donors (Lipinski definition) is 2. The summed E-state index contributed by atoms with van der Waals surface area (Å²) in [5.41, 5.74) is 9.37. The van der Waals surface area contributed by atoms with Crippen molar-refractivity contribution in [3.63, 3.8) is 0 Å². The second-order valence-electron chi connectivity index (χ2n) is 5.56. The minimum absolute atomic E-state index is 0.177. The molecule has 2 aromatic carbocycles. The van der Waals surface area contributed by atoms with Crippen LogP contribution in [-0.4, -0.2) is 12.1 Å². The van der Waals surface area contributed by atoms with E-state index in [0.29, 0.717) is 6.54 Å². The molecule has 1 atom stereocenters. The summed E-state index contributed by atoms with van der Waals surface area (Å²) in [6, 6.07) is 16.3. The van der Waals surface area contributed by atoms with E-state index in [1.165, 1.54) is 11.1 Å². The second-order valence-corrected chi connectivity index (χ2v) is 6.00. The Morgan fingerprint density at radius 3 is 2.20 bits per heavy atom. The molecule has 0 saturated heterocycles. The zero-order valence-electron chi connectivity index (χ0n) is 12.0. The summed E-state index contributed by atoms with van der Waals surface area (Å²) in [4.78, 5) is 0. The van der Waals surface area contributed by atoms with Crippen molar-refractivity contribution in [3.05, 3.63) is 64.7 Å². The predicted molar refractivity (Wildman–Crippen MR) is 87.4 cm³/mol. The first-order chi connectivity index (χ1) is 9.50. The highest BCUT2D eigenvalue weighted by Gasteiger charge is 2.22. The van der Waals surface area contributed by atoms with Crippen LogP contribution in [0.1, 0.15) is 18.1 Å². The monoisotopic (exact) mass is 288 g/mol. The van der Waals surface area contributed by atoms with Gasteiger partial charge in [0.2, 0.25) is 0 Å². The molecule has 0 aliphatic rings. The van der Waals surface area contributed by atoms with Crippen LogP contribution in [0, 0.1) is 6.92 Å². The van der Waals surface area contributed by atoms with Gasteiger partial charge in [-0.2, -0.15) is 0 Å². The maximum absolute atomic E-state index is 5.97. The molecule has 0 aromatic heterocycles. The first-order valence-electron chi connectivity index (χ1n) is 6.80. The molecular weight excluding hydrogens is 268 g/mol. The van der Waals surface area contributed by atoms with Gasteiger partial charge < -0.3 is 11.1 Å². The predicted octanol–water partition coefficient (Wildman–Crippen LogP) is 4.02. The van der Waals surface area contributed by atoms with Gasteiger partial charge in [-0.05, 0) is 50.1 Å². The average Bonchev–Trinajstić information content (AvgIpc) is 2.44. The molecule has 2 rings (SSSR count). The van der Waals surface area contributed by atoms with Gasteiger partial charge in [0.05, 0.1) is 5.54 Å². The molecule has 0 radical (unpaired) electrons. The van der Waals surface area contributed by atoms with Crippen molar-refractivity contribution >= 4 is 17.3 Å². The highest BCUT2D eigenvalue weighted by molar-refractivity contribution is 6.30. The van der Waals surface area contributed by atoms with E-state index in [9.17, 15) is 0 Å². The van der Waals surface area contributed by atoms with E-state index >= 15 is 0 Å². The van der Waals surface area contributed by atoms with E-state index in [1.807, 2.05) is 24.3 Å². The lowest BCUT2D eigenvalue weighted by atomic mass is 9.92. The lowest BCUT2D eigenvalue weighted by Gasteiger charge is -2.31. The van der Waals surface area contributed by atoms with Gasteiger partial charge in [-0.1, -0.05) is 41.4 Å². The topological polar surface area (TPSA) is 38.0 Å². The van der Waals surface area contributed by atoms with Crippen molar-refractivity contribution in [2.45, 2.75) is 25.8 Å². The van der Waals surface area contributed by atoms with Crippen molar-refractivity contribution in [2.24, 2.45) is 5.73 Å². The summed E-state index contributed by atoms with van der Waals surface area (Å²) in [6.45, 7) is 4.78. The first-order valence-corrected chi connectivity index (χ1v) is 7.18. The fourth-order valence-electron chi connectivity index (χ4n) is 2.21. The Morgan fingerprint density at radius 1 is 1.05 bits per heavy atom. The summed E-state index contributed by atoms with van der Waals surface area (Å²) in [5.74, 6) is 0. The number of hydrogen-bond acceptors (Lipinski definition) is 2. The molecule has 2 nitrogen and oxygen atoms in total. The third kappa shape index (κ3) is 3.99. The summed E-state index contributed by atoms with van der Waals surface area (Å²) < 4.78 is 0. The van der Waals surface area contributed by atoms with Gasteiger partial charge in [-0.15, -0.1) is 0 Å². The SMILES string of the molecule is Cc1ccc(NC(C)(CN)Cc2ccc(Cl)cc2)cc1. The van der Waals surface area contributed by atoms with E-state index in [0.717, 1.165) is 17.1 Å². The van der Waals surface area contributed by atoms with Crippen LogP contribution in [0.4, 0.5) is 5.69 Å². The lowest BCUT2D eigenvalue weighted by Crippen LogP contribution is -2.44. The van der Waals surface area contributed by atoms with Crippen LogP contribution < -0.4 is 11.1 Å². The number of halogens is 1. The number of aryl methyl sites for hydroxylation is 1. The van der Waals surface area contributed by atoms with E-state index in [1.54, 1.807) is 0 Å². The number of rotatable bonds is 5. The van der Waals surface area contributed by atoms with Crippen molar-refractivity contribution in [2.75, 3.05) is 11.9 Å². The zero-order valence-corrected chi connectivity index (χ0v) is 12.7. The molecule has 0 heterocycles. The number of benzene rings is 2. The van der Waals surface area contributed by atoms with Crippen LogP contribution in [0.15, 0.2) is 48.5 Å². The molecule has 0 fully saturated rings. The van der Waals surface area contributed by atoms with Gasteiger partial charge in [0.15, 0.2) is 0 Å². The van der Waals surface area contributed by atoms with Crippen molar-refractivity contribution in [1.82, 2.24) is 0 Å². The van der Waals surface area contributed by atoms with E-state index in [2.05, 4.69) is 43.4 Å². The first kappa shape index (κ1) is 14.9. The number of nitrogens with one attached hydrogen (secondary N) is 1. The normalized spacial score (nSPS) is 13.8. The Morgan fingerprint density at radius 2 is 1.65 bits per heavy atom. The van der Waals surface area contributed by atoms with Crippen LogP contribution >= 0.6 is 11.6 Å². The third-order valence-corrected chi connectivity index (χ3v) is 3.71. The summed E-state index contributed by atoms with van der Waals surface area (Å²) in [7, 11) is 0. The Labute approximate surface area is 126 Å². The molecule has 20 heavy (non-hydrogen) atoms. The molecule has 2 aromatic rings. The molecule has 3 heteroatoms. The van der Waals surface area contributed by atoms with Crippen LogP contribution in [-0.2, 0) is 6.42 Å². The summed E-state index contributed by atoms with van der Waals surface area (Å²) in [6.07, 6.45) is 0.856.